The van der Waals surface area contributed by atoms with Gasteiger partial charge < -0.3 is 104 Å². The fourth-order valence-corrected chi connectivity index (χ4v) is 15.8. The van der Waals surface area contributed by atoms with Crippen molar-refractivity contribution in [2.45, 2.75) is 267 Å². The summed E-state index contributed by atoms with van der Waals surface area (Å²) in [5.74, 6) is 0.486. The molecule has 440 valence electrons. The number of fused-ring (bicyclic) bond motifs is 5. The third-order valence-electron chi connectivity index (χ3n) is 20.7. The van der Waals surface area contributed by atoms with Crippen molar-refractivity contribution in [2.75, 3.05) is 19.8 Å². The highest BCUT2D eigenvalue weighted by Crippen LogP contribution is 2.75. The van der Waals surface area contributed by atoms with Gasteiger partial charge in [-0.2, -0.15) is 0 Å². The molecule has 21 nitrogen and oxygen atoms in total. The third kappa shape index (κ3) is 11.0. The molecule has 13 N–H and O–H groups in total. The fraction of sp³-hybridized carbons (Fsp3) is 0.964. The second-order valence-electron chi connectivity index (χ2n) is 25.9. The highest BCUT2D eigenvalue weighted by Gasteiger charge is 2.70. The minimum absolute atomic E-state index is 0.00521. The molecule has 8 rings (SSSR count). The van der Waals surface area contributed by atoms with Crippen molar-refractivity contribution < 1.29 is 104 Å². The molecule has 21 heteroatoms. The maximum Gasteiger partial charge on any atom is 0.187 e. The molecule has 0 bridgehead atoms. The second-order valence-corrected chi connectivity index (χ2v) is 25.9. The molecule has 28 atom stereocenters. The Morgan fingerprint density at radius 2 is 1.29 bits per heavy atom. The van der Waals surface area contributed by atoms with Gasteiger partial charge in [0.25, 0.3) is 0 Å². The molecular formula is C55H94O21. The van der Waals surface area contributed by atoms with Crippen molar-refractivity contribution in [3.05, 3.63) is 11.6 Å². The number of hydrogen-bond donors (Lipinski definition) is 13. The summed E-state index contributed by atoms with van der Waals surface area (Å²) in [6, 6.07) is 0. The number of aliphatic hydroxyl groups excluding tert-OH is 12. The van der Waals surface area contributed by atoms with Crippen LogP contribution in [0.25, 0.3) is 0 Å². The maximum absolute atomic E-state index is 12.7. The maximum atomic E-state index is 12.7. The van der Waals surface area contributed by atoms with Gasteiger partial charge in [-0.1, -0.05) is 60.1 Å². The molecule has 4 aliphatic heterocycles. The zero-order chi connectivity index (χ0) is 55.8. The van der Waals surface area contributed by atoms with Crippen LogP contribution in [0.2, 0.25) is 0 Å². The molecule has 0 aromatic carbocycles. The van der Waals surface area contributed by atoms with Gasteiger partial charge in [0, 0.05) is 17.3 Å². The van der Waals surface area contributed by atoms with Crippen LogP contribution in [0.5, 0.6) is 0 Å². The van der Waals surface area contributed by atoms with Crippen LogP contribution in [-0.4, -0.2) is 221 Å². The van der Waals surface area contributed by atoms with Crippen molar-refractivity contribution in [1.29, 1.82) is 0 Å². The van der Waals surface area contributed by atoms with Gasteiger partial charge in [-0.15, -0.1) is 0 Å². The lowest BCUT2D eigenvalue weighted by Gasteiger charge is -2.67. The molecule has 4 saturated heterocycles. The molecule has 4 heterocycles. The molecule has 4 aliphatic carbocycles. The van der Waals surface area contributed by atoms with Gasteiger partial charge in [0.1, 0.15) is 73.2 Å². The topological polar surface area (TPSA) is 337 Å². The summed E-state index contributed by atoms with van der Waals surface area (Å²) in [6.07, 6.45) is -17.0. The van der Waals surface area contributed by atoms with E-state index in [2.05, 4.69) is 47.6 Å². The minimum atomic E-state index is -1.70. The first-order valence-corrected chi connectivity index (χ1v) is 28.2. The second kappa shape index (κ2) is 23.3. The van der Waals surface area contributed by atoms with E-state index in [1.807, 2.05) is 6.92 Å². The molecule has 3 unspecified atom stereocenters. The van der Waals surface area contributed by atoms with Gasteiger partial charge in [-0.25, -0.2) is 0 Å². The highest BCUT2D eigenvalue weighted by molar-refractivity contribution is 5.32. The van der Waals surface area contributed by atoms with Crippen LogP contribution in [0, 0.1) is 45.3 Å². The molecule has 3 saturated carbocycles. The van der Waals surface area contributed by atoms with Gasteiger partial charge in [0.2, 0.25) is 0 Å². The SMILES string of the molecule is CC[C@H]1C[C@@H](O)C[C@@H](O[C@H]2[C@H](O[C@H](CC[C@@H](C)C3CC[C@@]4(C)C5CC=C6C(CC[C@H](O[C@@H]7O[C@H](CO[C@@H]8O[C@H](CO)[C@@H](O)[C@H](O)[C@H]8O)[C@@H](O)[C@H](O)[C@H]7O)C6(C)C)[C@]5(C)[C@H](O)C[C@]34C)C(C)(C)O)O[C@H](CO)[C@@H](O)[C@@H]2O)O1. The Balaban J connectivity index is 0.935. The number of aliphatic hydroxyl groups is 13. The predicted octanol–water partition coefficient (Wildman–Crippen LogP) is 0.244. The summed E-state index contributed by atoms with van der Waals surface area (Å²) in [7, 11) is 0. The van der Waals surface area contributed by atoms with E-state index in [1.165, 1.54) is 0 Å². The van der Waals surface area contributed by atoms with E-state index in [9.17, 15) is 66.4 Å². The van der Waals surface area contributed by atoms with Crippen molar-refractivity contribution in [3.63, 3.8) is 0 Å². The summed E-state index contributed by atoms with van der Waals surface area (Å²) < 4.78 is 48.6. The average molecular weight is 1090 g/mol. The van der Waals surface area contributed by atoms with E-state index in [-0.39, 0.29) is 47.0 Å². The Bertz CT molecular complexity index is 1950. The normalized spacial score (nSPS) is 50.5. The fourth-order valence-electron chi connectivity index (χ4n) is 15.8. The smallest absolute Gasteiger partial charge is 0.187 e. The van der Waals surface area contributed by atoms with Gasteiger partial charge in [-0.05, 0) is 113 Å². The monoisotopic (exact) mass is 1090 g/mol. The van der Waals surface area contributed by atoms with Crippen LogP contribution >= 0.6 is 0 Å². The van der Waals surface area contributed by atoms with E-state index in [1.54, 1.807) is 13.8 Å². The van der Waals surface area contributed by atoms with Gasteiger partial charge >= 0.3 is 0 Å². The van der Waals surface area contributed by atoms with E-state index in [0.717, 1.165) is 24.8 Å². The van der Waals surface area contributed by atoms with Gasteiger partial charge in [0.05, 0.1) is 55.9 Å². The Labute approximate surface area is 447 Å². The number of rotatable bonds is 17. The standard InChI is InChI=1S/C55H94O21/c1-10-27-19-26(58)20-38(70-27)76-47-44(65)40(61)32(23-57)72-50(47)75-37(52(5,6)68)15-11-25(2)28-17-18-53(7)34-14-12-29-30(55(34,9)35(59)21-54(28,53)8)13-16-36(51(29,3)4)74-49-46(67)43(64)41(62)33(73-49)24-69-48-45(66)42(63)39(60)31(22-56)71-48/h12,25-28,30-50,56-68H,10-11,13-24H2,1-9H3/t25-,26-,27+,28?,30?,31-,32-,33-,34?,35-,36+,37-,38-,39-,40-,41-,42+,43+,44+,45-,46-,47-,48-,49+,50+,53+,54-,55+/m1/s1. The summed E-state index contributed by atoms with van der Waals surface area (Å²) in [6.45, 7) is 16.9. The number of allylic oxidation sites excluding steroid dienone is 1. The molecular weight excluding hydrogens is 997 g/mol. The van der Waals surface area contributed by atoms with E-state index in [0.29, 0.717) is 44.9 Å². The lowest BCUT2D eigenvalue weighted by molar-refractivity contribution is -0.357. The van der Waals surface area contributed by atoms with Crippen LogP contribution in [-0.2, 0) is 37.9 Å². The largest absolute Gasteiger partial charge is 0.394 e. The van der Waals surface area contributed by atoms with E-state index in [4.69, 9.17) is 37.9 Å². The van der Waals surface area contributed by atoms with Crippen LogP contribution in [0.4, 0.5) is 0 Å². The first-order valence-electron chi connectivity index (χ1n) is 28.2. The third-order valence-corrected chi connectivity index (χ3v) is 20.7. The van der Waals surface area contributed by atoms with Crippen molar-refractivity contribution >= 4 is 0 Å². The van der Waals surface area contributed by atoms with Gasteiger partial charge in [0.15, 0.2) is 25.2 Å². The van der Waals surface area contributed by atoms with Gasteiger partial charge in [-0.3, -0.25) is 0 Å². The molecule has 0 aromatic heterocycles. The molecule has 0 amide bonds. The molecule has 7 fully saturated rings. The number of hydrogen-bond acceptors (Lipinski definition) is 21. The van der Waals surface area contributed by atoms with Crippen LogP contribution in [0.3, 0.4) is 0 Å². The zero-order valence-electron chi connectivity index (χ0n) is 46.0. The predicted molar refractivity (Wildman–Crippen MR) is 268 cm³/mol. The van der Waals surface area contributed by atoms with Crippen LogP contribution in [0.15, 0.2) is 11.6 Å². The molecule has 8 aliphatic rings. The Kier molecular flexibility index (Phi) is 18.7. The first kappa shape index (κ1) is 61.0. The Hall–Kier alpha value is -1.10. The summed E-state index contributed by atoms with van der Waals surface area (Å²) in [5, 5.41) is 141. The lowest BCUT2D eigenvalue weighted by Crippen LogP contribution is -2.65. The average Bonchev–Trinajstić information content (AvgIpc) is 3.85. The summed E-state index contributed by atoms with van der Waals surface area (Å²) in [5.41, 5.74) is -1.76. The molecule has 76 heavy (non-hydrogen) atoms. The van der Waals surface area contributed by atoms with E-state index >= 15 is 0 Å². The summed E-state index contributed by atoms with van der Waals surface area (Å²) in [4.78, 5) is 0. The van der Waals surface area contributed by atoms with Crippen molar-refractivity contribution in [1.82, 2.24) is 0 Å². The lowest BCUT2D eigenvalue weighted by atomic mass is 9.38. The molecule has 0 radical (unpaired) electrons. The van der Waals surface area contributed by atoms with Crippen LogP contribution in [0.1, 0.15) is 133 Å². The minimum Gasteiger partial charge on any atom is -0.394 e. The van der Waals surface area contributed by atoms with E-state index < -0.39 is 159 Å². The van der Waals surface area contributed by atoms with Crippen molar-refractivity contribution in [3.8, 4) is 0 Å². The zero-order valence-corrected chi connectivity index (χ0v) is 46.0. The summed E-state index contributed by atoms with van der Waals surface area (Å²) >= 11 is 0. The van der Waals surface area contributed by atoms with Crippen LogP contribution < -0.4 is 0 Å². The molecule has 0 aromatic rings. The quantitative estimate of drug-likeness (QED) is 0.0868. The Morgan fingerprint density at radius 1 is 0.684 bits per heavy atom. The highest BCUT2D eigenvalue weighted by atomic mass is 16.8. The first-order chi connectivity index (χ1) is 35.6. The van der Waals surface area contributed by atoms with Crippen molar-refractivity contribution in [2.24, 2.45) is 45.3 Å². The Morgan fingerprint density at radius 3 is 1.92 bits per heavy atom. The number of ether oxygens (including phenoxy) is 8. The molecule has 0 spiro atoms.